The molecule has 1 fully saturated rings. The molecule has 6 rings (SSSR count). The van der Waals surface area contributed by atoms with Crippen molar-refractivity contribution in [3.8, 4) is 17.7 Å². The van der Waals surface area contributed by atoms with Crippen LogP contribution in [-0.2, 0) is 0 Å². The van der Waals surface area contributed by atoms with Crippen LogP contribution in [0.5, 0.6) is 11.5 Å². The zero-order chi connectivity index (χ0) is 19.1. The number of nitrogens with zero attached hydrogens (tertiary/aromatic N) is 4. The van der Waals surface area contributed by atoms with E-state index in [1.807, 2.05) is 50.2 Å². The molecule has 4 bridgehead atoms. The minimum absolute atomic E-state index is 0.0963. The first kappa shape index (κ1) is 15.8. The summed E-state index contributed by atoms with van der Waals surface area (Å²) < 4.78 is 12.6. The maximum Gasteiger partial charge on any atom is 0.218 e. The second-order valence-corrected chi connectivity index (χ2v) is 8.32. The Hall–Kier alpha value is -3.20. The standard InChI is InChI=1S/C22H20N4O2/c1-21-11-16(14-7-3-5-9-18(14)27-21)26-17-12-22(2,25(13-23)20(26)24-21)28-19-10-6-4-8-15(17)19/h3-10,16-17H,11-12H2,1-2H3. The molecule has 4 atom stereocenters. The van der Waals surface area contributed by atoms with E-state index < -0.39 is 11.4 Å². The van der Waals surface area contributed by atoms with Gasteiger partial charge in [0.15, 0.2) is 11.9 Å². The van der Waals surface area contributed by atoms with Crippen LogP contribution in [0.1, 0.15) is 49.9 Å². The number of fused-ring (bicyclic) bond motifs is 11. The van der Waals surface area contributed by atoms with Crippen LogP contribution < -0.4 is 9.47 Å². The first-order chi connectivity index (χ1) is 13.5. The maximum atomic E-state index is 10.0. The third kappa shape index (κ3) is 1.89. The van der Waals surface area contributed by atoms with E-state index in [0.717, 1.165) is 29.0 Å². The lowest BCUT2D eigenvalue weighted by atomic mass is 9.83. The third-order valence-corrected chi connectivity index (χ3v) is 6.37. The molecule has 2 aromatic rings. The van der Waals surface area contributed by atoms with E-state index in [1.165, 1.54) is 0 Å². The number of para-hydroxylation sites is 2. The molecule has 6 heteroatoms. The summed E-state index contributed by atoms with van der Waals surface area (Å²) in [4.78, 5) is 8.89. The number of ether oxygens (including phenoxy) is 2. The number of rotatable bonds is 0. The molecular formula is C22H20N4O2. The zero-order valence-electron chi connectivity index (χ0n) is 15.8. The molecule has 0 radical (unpaired) electrons. The lowest BCUT2D eigenvalue weighted by Gasteiger charge is -2.59. The third-order valence-electron chi connectivity index (χ3n) is 6.37. The molecule has 1 saturated heterocycles. The Morgan fingerprint density at radius 1 is 0.964 bits per heavy atom. The summed E-state index contributed by atoms with van der Waals surface area (Å²) in [7, 11) is 0. The van der Waals surface area contributed by atoms with Gasteiger partial charge < -0.3 is 14.4 Å². The predicted octanol–water partition coefficient (Wildman–Crippen LogP) is 3.93. The van der Waals surface area contributed by atoms with Gasteiger partial charge in [0, 0.05) is 24.0 Å². The van der Waals surface area contributed by atoms with Gasteiger partial charge in [0.05, 0.1) is 12.1 Å². The maximum absolute atomic E-state index is 10.0. The zero-order valence-corrected chi connectivity index (χ0v) is 15.8. The highest BCUT2D eigenvalue weighted by molar-refractivity contribution is 5.86. The molecule has 0 amide bonds. The number of aliphatic imine (C=N–C) groups is 1. The molecular weight excluding hydrogens is 352 g/mol. The van der Waals surface area contributed by atoms with Gasteiger partial charge in [-0.1, -0.05) is 36.4 Å². The lowest BCUT2D eigenvalue weighted by molar-refractivity contribution is -0.0978. The van der Waals surface area contributed by atoms with E-state index in [-0.39, 0.29) is 12.1 Å². The van der Waals surface area contributed by atoms with E-state index in [0.29, 0.717) is 12.4 Å². The average molecular weight is 372 g/mol. The first-order valence-electron chi connectivity index (χ1n) is 9.65. The SMILES string of the molecule is CC12CC(c3ccccc3O1)N1C(=N2)N(C#N)C2(C)CC1c1ccccc1O2. The largest absolute Gasteiger partial charge is 0.467 e. The van der Waals surface area contributed by atoms with Crippen LogP contribution in [0.15, 0.2) is 53.5 Å². The summed E-state index contributed by atoms with van der Waals surface area (Å²) in [5.74, 6) is 2.36. The summed E-state index contributed by atoms with van der Waals surface area (Å²) in [5, 5.41) is 10.0. The van der Waals surface area contributed by atoms with Crippen molar-refractivity contribution in [2.24, 2.45) is 4.99 Å². The monoisotopic (exact) mass is 372 g/mol. The molecule has 4 aliphatic heterocycles. The molecule has 2 aromatic carbocycles. The smallest absolute Gasteiger partial charge is 0.218 e. The Balaban J connectivity index is 1.61. The van der Waals surface area contributed by atoms with Gasteiger partial charge in [0.2, 0.25) is 11.7 Å². The normalized spacial score (nSPS) is 34.0. The summed E-state index contributed by atoms with van der Waals surface area (Å²) in [5.41, 5.74) is 0.849. The molecule has 28 heavy (non-hydrogen) atoms. The lowest BCUT2D eigenvalue weighted by Crippen LogP contribution is -2.67. The van der Waals surface area contributed by atoms with Crippen molar-refractivity contribution >= 4 is 5.96 Å². The van der Waals surface area contributed by atoms with Crippen molar-refractivity contribution in [1.29, 1.82) is 5.26 Å². The molecule has 6 nitrogen and oxygen atoms in total. The topological polar surface area (TPSA) is 61.1 Å². The summed E-state index contributed by atoms with van der Waals surface area (Å²) >= 11 is 0. The Labute approximate surface area is 163 Å². The van der Waals surface area contributed by atoms with Crippen molar-refractivity contribution in [3.05, 3.63) is 59.7 Å². The fraction of sp³-hybridized carbons (Fsp3) is 0.364. The molecule has 0 aromatic heterocycles. The molecule has 0 saturated carbocycles. The van der Waals surface area contributed by atoms with Crippen molar-refractivity contribution in [3.63, 3.8) is 0 Å². The van der Waals surface area contributed by atoms with Gasteiger partial charge in [-0.15, -0.1) is 0 Å². The number of hydrogen-bond acceptors (Lipinski definition) is 6. The summed E-state index contributed by atoms with van der Waals surface area (Å²) in [6, 6.07) is 16.5. The summed E-state index contributed by atoms with van der Waals surface area (Å²) in [6.07, 6.45) is 3.79. The highest BCUT2D eigenvalue weighted by atomic mass is 16.5. The van der Waals surface area contributed by atoms with Gasteiger partial charge in [0.25, 0.3) is 0 Å². The molecule has 0 N–H and O–H groups in total. The van der Waals surface area contributed by atoms with Crippen LogP contribution in [-0.4, -0.2) is 27.2 Å². The number of guanidine groups is 1. The highest BCUT2D eigenvalue weighted by Gasteiger charge is 2.58. The predicted molar refractivity (Wildman–Crippen MR) is 102 cm³/mol. The second-order valence-electron chi connectivity index (χ2n) is 8.32. The van der Waals surface area contributed by atoms with E-state index >= 15 is 0 Å². The first-order valence-corrected chi connectivity index (χ1v) is 9.65. The Bertz CT molecular complexity index is 1080. The summed E-state index contributed by atoms with van der Waals surface area (Å²) in [6.45, 7) is 3.97. The molecule has 4 aliphatic rings. The highest BCUT2D eigenvalue weighted by Crippen LogP contribution is 2.56. The van der Waals surface area contributed by atoms with Gasteiger partial charge in [-0.2, -0.15) is 5.26 Å². The fourth-order valence-corrected chi connectivity index (χ4v) is 5.19. The Morgan fingerprint density at radius 3 is 2.25 bits per heavy atom. The van der Waals surface area contributed by atoms with Crippen LogP contribution in [0.4, 0.5) is 0 Å². The molecule has 140 valence electrons. The quantitative estimate of drug-likeness (QED) is 0.656. The minimum atomic E-state index is -0.759. The van der Waals surface area contributed by atoms with Crippen molar-refractivity contribution in [2.45, 2.75) is 50.2 Å². The molecule has 0 aliphatic carbocycles. The van der Waals surface area contributed by atoms with E-state index in [2.05, 4.69) is 23.2 Å². The van der Waals surface area contributed by atoms with Crippen LogP contribution in [0.2, 0.25) is 0 Å². The number of benzene rings is 2. The van der Waals surface area contributed by atoms with Crippen LogP contribution in [0, 0.1) is 11.5 Å². The molecule has 4 heterocycles. The van der Waals surface area contributed by atoms with Gasteiger partial charge in [0.1, 0.15) is 11.5 Å². The van der Waals surface area contributed by atoms with Crippen molar-refractivity contribution in [2.75, 3.05) is 0 Å². The second kappa shape index (κ2) is 4.99. The van der Waals surface area contributed by atoms with Gasteiger partial charge >= 0.3 is 0 Å². The average Bonchev–Trinajstić information content (AvgIpc) is 2.67. The Kier molecular flexibility index (Phi) is 2.82. The van der Waals surface area contributed by atoms with Crippen LogP contribution >= 0.6 is 0 Å². The van der Waals surface area contributed by atoms with E-state index in [4.69, 9.17) is 14.5 Å². The van der Waals surface area contributed by atoms with Crippen LogP contribution in [0.3, 0.4) is 0 Å². The number of hydrogen-bond donors (Lipinski definition) is 0. The fourth-order valence-electron chi connectivity index (χ4n) is 5.19. The Morgan fingerprint density at radius 2 is 1.57 bits per heavy atom. The van der Waals surface area contributed by atoms with Gasteiger partial charge in [-0.25, -0.2) is 9.89 Å². The molecule has 4 unspecified atom stereocenters. The molecule has 0 spiro atoms. The van der Waals surface area contributed by atoms with Crippen molar-refractivity contribution < 1.29 is 9.47 Å². The van der Waals surface area contributed by atoms with Crippen LogP contribution in [0.25, 0.3) is 0 Å². The van der Waals surface area contributed by atoms with E-state index in [9.17, 15) is 5.26 Å². The van der Waals surface area contributed by atoms with Gasteiger partial charge in [-0.3, -0.25) is 0 Å². The van der Waals surface area contributed by atoms with E-state index in [1.54, 1.807) is 4.90 Å². The number of nitriles is 1. The van der Waals surface area contributed by atoms with Crippen molar-refractivity contribution in [1.82, 2.24) is 9.80 Å². The van der Waals surface area contributed by atoms with Gasteiger partial charge in [-0.05, 0) is 26.0 Å². The minimum Gasteiger partial charge on any atom is -0.467 e.